The summed E-state index contributed by atoms with van der Waals surface area (Å²) in [6.45, 7) is 5.92. The van der Waals surface area contributed by atoms with Gasteiger partial charge < -0.3 is 14.9 Å². The lowest BCUT2D eigenvalue weighted by Gasteiger charge is -2.39. The number of aliphatic hydroxyl groups is 1. The molecule has 2 fully saturated rings. The molecule has 2 aromatic rings. The molecule has 0 spiro atoms. The van der Waals surface area contributed by atoms with Crippen molar-refractivity contribution in [1.82, 2.24) is 19.7 Å². The summed E-state index contributed by atoms with van der Waals surface area (Å²) >= 11 is 6.04. The smallest absolute Gasteiger partial charge is 0.226 e. The molecule has 0 unspecified atom stereocenters. The van der Waals surface area contributed by atoms with E-state index < -0.39 is 5.60 Å². The van der Waals surface area contributed by atoms with Gasteiger partial charge in [-0.3, -0.25) is 9.78 Å². The molecule has 1 atom stereocenters. The fourth-order valence-corrected chi connectivity index (χ4v) is 4.75. The van der Waals surface area contributed by atoms with Gasteiger partial charge in [-0.1, -0.05) is 11.6 Å². The molecular formula is C21H28ClN5O2. The summed E-state index contributed by atoms with van der Waals surface area (Å²) in [5.41, 5.74) is 1.06. The first-order valence-electron chi connectivity index (χ1n) is 10.3. The van der Waals surface area contributed by atoms with Crippen LogP contribution in [0.2, 0.25) is 5.02 Å². The van der Waals surface area contributed by atoms with Gasteiger partial charge in [0.15, 0.2) is 0 Å². The molecule has 2 saturated heterocycles. The number of aromatic nitrogens is 3. The highest BCUT2D eigenvalue weighted by Gasteiger charge is 2.41. The van der Waals surface area contributed by atoms with Crippen molar-refractivity contribution in [3.8, 4) is 5.69 Å². The standard InChI is InChI=1S/C21H28ClN5O2/c1-21(2,29)19-4-3-9-26(19)20(28)15-6-10-25(11-7-15)18-13-23-8-5-17(18)27-14-16(22)12-24-27/h5,8,12-15,19,29H,3-4,6-7,9-11H2,1-2H3/t19-/m0/s1. The minimum atomic E-state index is -0.859. The van der Waals surface area contributed by atoms with Gasteiger partial charge in [-0.15, -0.1) is 0 Å². The number of rotatable bonds is 4. The third-order valence-electron chi connectivity index (χ3n) is 6.11. The number of hydrogen-bond donors (Lipinski definition) is 1. The minimum absolute atomic E-state index is 0.00784. The predicted molar refractivity (Wildman–Crippen MR) is 112 cm³/mol. The SMILES string of the molecule is CC(C)(O)[C@@H]1CCCN1C(=O)C1CCN(c2cnccc2-n2cc(Cl)cn2)CC1. The minimum Gasteiger partial charge on any atom is -0.388 e. The molecule has 2 aliphatic rings. The van der Waals surface area contributed by atoms with Crippen LogP contribution in [0.1, 0.15) is 39.5 Å². The monoisotopic (exact) mass is 417 g/mol. The van der Waals surface area contributed by atoms with E-state index in [1.165, 1.54) is 0 Å². The van der Waals surface area contributed by atoms with E-state index in [0.717, 1.165) is 56.7 Å². The quantitative estimate of drug-likeness (QED) is 0.827. The van der Waals surface area contributed by atoms with Crippen LogP contribution in [-0.2, 0) is 4.79 Å². The van der Waals surface area contributed by atoms with E-state index in [1.54, 1.807) is 37.1 Å². The number of pyridine rings is 1. The second kappa shape index (κ2) is 7.95. The Labute approximate surface area is 176 Å². The van der Waals surface area contributed by atoms with Crippen LogP contribution in [0, 0.1) is 5.92 Å². The Balaban J connectivity index is 1.45. The molecule has 0 bridgehead atoms. The summed E-state index contributed by atoms with van der Waals surface area (Å²) < 4.78 is 1.76. The molecule has 0 aromatic carbocycles. The Kier molecular flexibility index (Phi) is 5.53. The van der Waals surface area contributed by atoms with Gasteiger partial charge in [-0.05, 0) is 45.6 Å². The zero-order chi connectivity index (χ0) is 20.6. The molecule has 7 nitrogen and oxygen atoms in total. The number of amides is 1. The normalized spacial score (nSPS) is 21.0. The van der Waals surface area contributed by atoms with E-state index >= 15 is 0 Å². The number of carbonyl (C=O) groups is 1. The first-order chi connectivity index (χ1) is 13.8. The van der Waals surface area contributed by atoms with E-state index in [-0.39, 0.29) is 17.9 Å². The van der Waals surface area contributed by atoms with Gasteiger partial charge in [-0.2, -0.15) is 5.10 Å². The van der Waals surface area contributed by atoms with Crippen molar-refractivity contribution in [1.29, 1.82) is 0 Å². The maximum Gasteiger partial charge on any atom is 0.226 e. The van der Waals surface area contributed by atoms with Crippen molar-refractivity contribution < 1.29 is 9.90 Å². The lowest BCUT2D eigenvalue weighted by molar-refractivity contribution is -0.141. The highest BCUT2D eigenvalue weighted by molar-refractivity contribution is 6.30. The summed E-state index contributed by atoms with van der Waals surface area (Å²) in [5, 5.41) is 15.3. The third-order valence-corrected chi connectivity index (χ3v) is 6.31. The fraction of sp³-hybridized carbons (Fsp3) is 0.571. The summed E-state index contributed by atoms with van der Waals surface area (Å²) in [5.74, 6) is 0.202. The van der Waals surface area contributed by atoms with Crippen LogP contribution >= 0.6 is 11.6 Å². The Morgan fingerprint density at radius 1 is 1.17 bits per heavy atom. The van der Waals surface area contributed by atoms with E-state index in [0.29, 0.717) is 5.02 Å². The van der Waals surface area contributed by atoms with Crippen LogP contribution < -0.4 is 4.90 Å². The molecule has 2 aliphatic heterocycles. The molecule has 29 heavy (non-hydrogen) atoms. The lowest BCUT2D eigenvalue weighted by Crippen LogP contribution is -2.51. The number of carbonyl (C=O) groups excluding carboxylic acids is 1. The van der Waals surface area contributed by atoms with Crippen LogP contribution in [0.3, 0.4) is 0 Å². The molecule has 4 heterocycles. The van der Waals surface area contributed by atoms with Crippen LogP contribution in [-0.4, -0.2) is 62.0 Å². The Morgan fingerprint density at radius 3 is 2.59 bits per heavy atom. The first-order valence-corrected chi connectivity index (χ1v) is 10.6. The van der Waals surface area contributed by atoms with Gasteiger partial charge in [0.1, 0.15) is 0 Å². The molecule has 2 aromatic heterocycles. The summed E-state index contributed by atoms with van der Waals surface area (Å²) in [7, 11) is 0. The van der Waals surface area contributed by atoms with Crippen LogP contribution in [0.25, 0.3) is 5.69 Å². The fourth-order valence-electron chi connectivity index (χ4n) is 4.62. The number of anilines is 1. The Hall–Kier alpha value is -2.12. The average Bonchev–Trinajstić information content (AvgIpc) is 3.37. The van der Waals surface area contributed by atoms with Gasteiger partial charge >= 0.3 is 0 Å². The number of halogens is 1. The lowest BCUT2D eigenvalue weighted by atomic mass is 9.92. The van der Waals surface area contributed by atoms with Crippen molar-refractivity contribution in [3.63, 3.8) is 0 Å². The van der Waals surface area contributed by atoms with Crippen molar-refractivity contribution in [2.24, 2.45) is 5.92 Å². The predicted octanol–water partition coefficient (Wildman–Crippen LogP) is 2.90. The number of hydrogen-bond acceptors (Lipinski definition) is 5. The van der Waals surface area contributed by atoms with Gasteiger partial charge in [0.05, 0.1) is 40.4 Å². The van der Waals surface area contributed by atoms with E-state index in [1.807, 2.05) is 17.2 Å². The Morgan fingerprint density at radius 2 is 1.93 bits per heavy atom. The molecule has 1 amide bonds. The van der Waals surface area contributed by atoms with Crippen LogP contribution in [0.4, 0.5) is 5.69 Å². The highest BCUT2D eigenvalue weighted by atomic mass is 35.5. The topological polar surface area (TPSA) is 74.5 Å². The average molecular weight is 418 g/mol. The largest absolute Gasteiger partial charge is 0.388 e. The highest BCUT2D eigenvalue weighted by Crippen LogP contribution is 2.32. The first kappa shape index (κ1) is 20.2. The van der Waals surface area contributed by atoms with Crippen molar-refractivity contribution in [3.05, 3.63) is 35.9 Å². The summed E-state index contributed by atoms with van der Waals surface area (Å²) in [6.07, 6.45) is 10.4. The zero-order valence-electron chi connectivity index (χ0n) is 17.0. The van der Waals surface area contributed by atoms with Gasteiger partial charge in [-0.25, -0.2) is 4.68 Å². The molecule has 1 N–H and O–H groups in total. The molecule has 156 valence electrons. The van der Waals surface area contributed by atoms with Crippen LogP contribution in [0.5, 0.6) is 0 Å². The summed E-state index contributed by atoms with van der Waals surface area (Å²) in [4.78, 5) is 21.6. The zero-order valence-corrected chi connectivity index (χ0v) is 17.7. The van der Waals surface area contributed by atoms with Crippen molar-refractivity contribution in [2.45, 2.75) is 51.2 Å². The molecular weight excluding hydrogens is 390 g/mol. The molecule has 0 aliphatic carbocycles. The van der Waals surface area contributed by atoms with Crippen LogP contribution in [0.15, 0.2) is 30.9 Å². The second-order valence-corrected chi connectivity index (χ2v) is 9.01. The maximum absolute atomic E-state index is 13.1. The summed E-state index contributed by atoms with van der Waals surface area (Å²) in [6, 6.07) is 1.84. The number of piperidine rings is 1. The Bertz CT molecular complexity index is 870. The number of nitrogens with zero attached hydrogens (tertiary/aromatic N) is 5. The van der Waals surface area contributed by atoms with E-state index in [9.17, 15) is 9.90 Å². The van der Waals surface area contributed by atoms with Gasteiger partial charge in [0.25, 0.3) is 0 Å². The van der Waals surface area contributed by atoms with E-state index in [2.05, 4.69) is 15.0 Å². The molecule has 4 rings (SSSR count). The molecule has 0 saturated carbocycles. The maximum atomic E-state index is 13.1. The third kappa shape index (κ3) is 4.12. The van der Waals surface area contributed by atoms with Gasteiger partial charge in [0, 0.05) is 37.9 Å². The second-order valence-electron chi connectivity index (χ2n) is 8.57. The van der Waals surface area contributed by atoms with Crippen molar-refractivity contribution >= 4 is 23.2 Å². The molecule has 8 heteroatoms. The number of likely N-dealkylation sites (tertiary alicyclic amines) is 1. The molecule has 0 radical (unpaired) electrons. The van der Waals surface area contributed by atoms with Crippen molar-refractivity contribution in [2.75, 3.05) is 24.5 Å². The van der Waals surface area contributed by atoms with E-state index in [4.69, 9.17) is 11.6 Å². The van der Waals surface area contributed by atoms with Gasteiger partial charge in [0.2, 0.25) is 5.91 Å².